The Bertz CT molecular complexity index is 991. The van der Waals surface area contributed by atoms with E-state index >= 15 is 0 Å². The van der Waals surface area contributed by atoms with Crippen LogP contribution in [0.15, 0.2) is 60.8 Å². The summed E-state index contributed by atoms with van der Waals surface area (Å²) in [5, 5.41) is 2.81. The maximum absolute atomic E-state index is 13.1. The van der Waals surface area contributed by atoms with Gasteiger partial charge in [0.2, 0.25) is 0 Å². The maximum Gasteiger partial charge on any atom is 0.294 e. The highest BCUT2D eigenvalue weighted by molar-refractivity contribution is 6.43. The number of ether oxygens (including phenoxy) is 1. The standard InChI is InChI=1S/C23H25N3O3/c27-22(23(28)24-10-6-11-25-13-15-29-16-14-25)21-20(18-7-2-1-3-8-18)17-19-9-4-5-12-26(19)21/h1-5,7-9,12,17H,6,10-11,13-16H2,(H,24,28)/p+1. The Morgan fingerprint density at radius 1 is 1.03 bits per heavy atom. The van der Waals surface area contributed by atoms with Gasteiger partial charge >= 0.3 is 0 Å². The van der Waals surface area contributed by atoms with Gasteiger partial charge in [0.25, 0.3) is 11.7 Å². The molecule has 4 rings (SSSR count). The summed E-state index contributed by atoms with van der Waals surface area (Å²) >= 11 is 0. The quantitative estimate of drug-likeness (QED) is 0.361. The first-order valence-corrected chi connectivity index (χ1v) is 10.1. The van der Waals surface area contributed by atoms with E-state index in [0.717, 1.165) is 55.9 Å². The smallest absolute Gasteiger partial charge is 0.294 e. The second-order valence-electron chi connectivity index (χ2n) is 7.32. The normalized spacial score (nSPS) is 14.8. The Kier molecular flexibility index (Phi) is 6.03. The fourth-order valence-corrected chi connectivity index (χ4v) is 3.83. The summed E-state index contributed by atoms with van der Waals surface area (Å²) in [5.41, 5.74) is 2.99. The molecule has 0 bridgehead atoms. The number of nitrogens with one attached hydrogen (secondary N) is 2. The lowest BCUT2D eigenvalue weighted by Crippen LogP contribution is -3.14. The third kappa shape index (κ3) is 4.39. The summed E-state index contributed by atoms with van der Waals surface area (Å²) in [6.45, 7) is 5.07. The van der Waals surface area contributed by atoms with Crippen LogP contribution in [0.25, 0.3) is 16.6 Å². The number of Topliss-reactive ketones (excluding diaryl/α,β-unsaturated/α-hetero) is 1. The third-order valence-electron chi connectivity index (χ3n) is 5.38. The van der Waals surface area contributed by atoms with Crippen molar-refractivity contribution in [3.05, 3.63) is 66.5 Å². The number of aromatic nitrogens is 1. The molecule has 2 aromatic heterocycles. The van der Waals surface area contributed by atoms with E-state index in [4.69, 9.17) is 4.74 Å². The van der Waals surface area contributed by atoms with Gasteiger partial charge < -0.3 is 19.4 Å². The largest absolute Gasteiger partial charge is 0.370 e. The van der Waals surface area contributed by atoms with Crippen LogP contribution < -0.4 is 10.2 Å². The molecule has 3 aromatic rings. The molecule has 150 valence electrons. The summed E-state index contributed by atoms with van der Waals surface area (Å²) in [6, 6.07) is 17.4. The molecule has 0 unspecified atom stereocenters. The van der Waals surface area contributed by atoms with Gasteiger partial charge in [-0.25, -0.2) is 0 Å². The number of hydrogen-bond donors (Lipinski definition) is 2. The van der Waals surface area contributed by atoms with E-state index in [1.165, 1.54) is 4.90 Å². The molecule has 1 aromatic carbocycles. The molecule has 0 spiro atoms. The Morgan fingerprint density at radius 2 is 1.79 bits per heavy atom. The van der Waals surface area contributed by atoms with Crippen molar-refractivity contribution in [1.82, 2.24) is 9.72 Å². The van der Waals surface area contributed by atoms with Crippen LogP contribution in [-0.4, -0.2) is 55.5 Å². The molecule has 0 aliphatic carbocycles. The van der Waals surface area contributed by atoms with Crippen molar-refractivity contribution < 1.29 is 19.2 Å². The van der Waals surface area contributed by atoms with E-state index in [0.29, 0.717) is 12.2 Å². The van der Waals surface area contributed by atoms with E-state index in [9.17, 15) is 9.59 Å². The van der Waals surface area contributed by atoms with E-state index in [-0.39, 0.29) is 0 Å². The molecule has 29 heavy (non-hydrogen) atoms. The summed E-state index contributed by atoms with van der Waals surface area (Å²) in [5.74, 6) is -1.06. The molecule has 1 amide bonds. The number of fused-ring (bicyclic) bond motifs is 1. The van der Waals surface area contributed by atoms with E-state index in [1.807, 2.05) is 60.8 Å². The number of hydrogen-bond acceptors (Lipinski definition) is 3. The monoisotopic (exact) mass is 392 g/mol. The number of amides is 1. The van der Waals surface area contributed by atoms with Crippen LogP contribution in [0, 0.1) is 0 Å². The van der Waals surface area contributed by atoms with Gasteiger partial charge in [-0.15, -0.1) is 0 Å². The number of rotatable bonds is 7. The first-order valence-electron chi connectivity index (χ1n) is 10.1. The van der Waals surface area contributed by atoms with Crippen LogP contribution >= 0.6 is 0 Å². The highest BCUT2D eigenvalue weighted by Crippen LogP contribution is 2.28. The lowest BCUT2D eigenvalue weighted by molar-refractivity contribution is -0.908. The Morgan fingerprint density at radius 3 is 2.59 bits per heavy atom. The highest BCUT2D eigenvalue weighted by atomic mass is 16.5. The average molecular weight is 392 g/mol. The minimum absolute atomic E-state index is 0.406. The van der Waals surface area contributed by atoms with E-state index in [1.54, 1.807) is 4.40 Å². The SMILES string of the molecule is O=C(NCCC[NH+]1CCOCC1)C(=O)c1c(-c2ccccc2)cc2ccccn12. The number of quaternary nitrogens is 1. The molecule has 6 nitrogen and oxygen atoms in total. The predicted octanol–water partition coefficient (Wildman–Crippen LogP) is 1.21. The Balaban J connectivity index is 1.48. The molecular formula is C23H26N3O3+. The predicted molar refractivity (Wildman–Crippen MR) is 111 cm³/mol. The number of carbonyl (C=O) groups is 2. The van der Waals surface area contributed by atoms with Crippen LogP contribution in [0.4, 0.5) is 0 Å². The minimum Gasteiger partial charge on any atom is -0.370 e. The number of morpholine rings is 1. The van der Waals surface area contributed by atoms with Gasteiger partial charge in [-0.3, -0.25) is 9.59 Å². The first-order chi connectivity index (χ1) is 14.2. The summed E-state index contributed by atoms with van der Waals surface area (Å²) in [4.78, 5) is 27.2. The number of benzene rings is 1. The molecular weight excluding hydrogens is 366 g/mol. The van der Waals surface area contributed by atoms with E-state index in [2.05, 4.69) is 5.32 Å². The van der Waals surface area contributed by atoms with Crippen molar-refractivity contribution in [3.63, 3.8) is 0 Å². The second-order valence-corrected chi connectivity index (χ2v) is 7.32. The average Bonchev–Trinajstić information content (AvgIpc) is 3.17. The lowest BCUT2D eigenvalue weighted by Gasteiger charge is -2.23. The lowest BCUT2D eigenvalue weighted by atomic mass is 10.0. The van der Waals surface area contributed by atoms with Gasteiger partial charge in [0.1, 0.15) is 18.8 Å². The summed E-state index contributed by atoms with van der Waals surface area (Å²) in [7, 11) is 0. The summed E-state index contributed by atoms with van der Waals surface area (Å²) < 4.78 is 7.16. The second kappa shape index (κ2) is 9.03. The molecule has 1 fully saturated rings. The molecule has 1 aliphatic rings. The van der Waals surface area contributed by atoms with Crippen LogP contribution in [-0.2, 0) is 9.53 Å². The molecule has 2 N–H and O–H groups in total. The molecule has 1 aliphatic heterocycles. The van der Waals surface area contributed by atoms with Crippen molar-refractivity contribution in [2.75, 3.05) is 39.4 Å². The molecule has 0 saturated carbocycles. The van der Waals surface area contributed by atoms with Crippen LogP contribution in [0.5, 0.6) is 0 Å². The highest BCUT2D eigenvalue weighted by Gasteiger charge is 2.24. The topological polar surface area (TPSA) is 64.2 Å². The molecule has 1 saturated heterocycles. The molecule has 3 heterocycles. The number of carbonyl (C=O) groups excluding carboxylic acids is 2. The minimum atomic E-state index is -0.553. The van der Waals surface area contributed by atoms with Gasteiger partial charge in [-0.1, -0.05) is 36.4 Å². The van der Waals surface area contributed by atoms with Crippen molar-refractivity contribution in [2.24, 2.45) is 0 Å². The zero-order valence-electron chi connectivity index (χ0n) is 16.4. The number of ketones is 1. The van der Waals surface area contributed by atoms with Crippen molar-refractivity contribution >= 4 is 17.2 Å². The van der Waals surface area contributed by atoms with Gasteiger partial charge in [-0.2, -0.15) is 0 Å². The van der Waals surface area contributed by atoms with Gasteiger partial charge in [0, 0.05) is 30.2 Å². The van der Waals surface area contributed by atoms with Crippen LogP contribution in [0.3, 0.4) is 0 Å². The number of nitrogens with zero attached hydrogens (tertiary/aromatic N) is 1. The molecule has 0 atom stereocenters. The van der Waals surface area contributed by atoms with Crippen LogP contribution in [0.2, 0.25) is 0 Å². The Labute approximate surface area is 170 Å². The molecule has 6 heteroatoms. The first kappa shape index (κ1) is 19.4. The van der Waals surface area contributed by atoms with Gasteiger partial charge in [0.15, 0.2) is 0 Å². The zero-order chi connectivity index (χ0) is 20.1. The molecule has 0 radical (unpaired) electrons. The Hall–Kier alpha value is -2.96. The maximum atomic E-state index is 13.1. The zero-order valence-corrected chi connectivity index (χ0v) is 16.4. The van der Waals surface area contributed by atoms with Crippen molar-refractivity contribution in [3.8, 4) is 11.1 Å². The fraction of sp³-hybridized carbons (Fsp3) is 0.304. The fourth-order valence-electron chi connectivity index (χ4n) is 3.83. The van der Waals surface area contributed by atoms with Crippen molar-refractivity contribution in [2.45, 2.75) is 6.42 Å². The third-order valence-corrected chi connectivity index (χ3v) is 5.38. The van der Waals surface area contributed by atoms with Gasteiger partial charge in [0.05, 0.1) is 19.8 Å². The van der Waals surface area contributed by atoms with Crippen molar-refractivity contribution in [1.29, 1.82) is 0 Å². The number of pyridine rings is 1. The van der Waals surface area contributed by atoms with Crippen LogP contribution in [0.1, 0.15) is 16.9 Å². The summed E-state index contributed by atoms with van der Waals surface area (Å²) in [6.07, 6.45) is 2.67. The van der Waals surface area contributed by atoms with Gasteiger partial charge in [-0.05, 0) is 23.8 Å². The van der Waals surface area contributed by atoms with E-state index < -0.39 is 11.7 Å².